The number of amides is 2. The average molecular weight is 364 g/mol. The van der Waals surface area contributed by atoms with Gasteiger partial charge in [-0.2, -0.15) is 5.10 Å². The van der Waals surface area contributed by atoms with E-state index >= 15 is 0 Å². The van der Waals surface area contributed by atoms with Gasteiger partial charge in [-0.05, 0) is 45.2 Å². The molecule has 2 amide bonds. The third kappa shape index (κ3) is 2.50. The van der Waals surface area contributed by atoms with Crippen LogP contribution >= 0.6 is 0 Å². The lowest BCUT2D eigenvalue weighted by atomic mass is 10.1. The molecule has 6 nitrogen and oxygen atoms in total. The Bertz CT molecular complexity index is 916. The van der Waals surface area contributed by atoms with Crippen LogP contribution < -0.4 is 0 Å². The highest BCUT2D eigenvalue weighted by Crippen LogP contribution is 2.40. The number of benzene rings is 1. The second-order valence-electron chi connectivity index (χ2n) is 7.98. The molecule has 1 saturated heterocycles. The van der Waals surface area contributed by atoms with Gasteiger partial charge in [-0.3, -0.25) is 9.59 Å². The standard InChI is InChI=1S/C21H24N4O2/c1-13-18-14(2)24(17-10-11-23(12-17)20(26)15-8-9-15)21(27)19(18)25(22-13)16-6-4-3-5-7-16/h3-7,14-15,17H,8-12H2,1-2H3. The quantitative estimate of drug-likeness (QED) is 0.841. The highest BCUT2D eigenvalue weighted by atomic mass is 16.2. The number of nitrogens with zero attached hydrogens (tertiary/aromatic N) is 4. The van der Waals surface area contributed by atoms with E-state index in [-0.39, 0.29) is 29.8 Å². The van der Waals surface area contributed by atoms with Crippen molar-refractivity contribution in [3.8, 4) is 5.69 Å². The summed E-state index contributed by atoms with van der Waals surface area (Å²) in [5.41, 5.74) is 3.51. The monoisotopic (exact) mass is 364 g/mol. The van der Waals surface area contributed by atoms with E-state index in [9.17, 15) is 9.59 Å². The highest BCUT2D eigenvalue weighted by molar-refractivity contribution is 5.99. The van der Waals surface area contributed by atoms with Gasteiger partial charge in [0, 0.05) is 24.6 Å². The first kappa shape index (κ1) is 16.5. The number of likely N-dealkylation sites (tertiary alicyclic amines) is 1. The normalized spacial score (nSPS) is 24.6. The van der Waals surface area contributed by atoms with Crippen LogP contribution in [0.1, 0.15) is 54.0 Å². The first-order chi connectivity index (χ1) is 13.1. The van der Waals surface area contributed by atoms with Crippen molar-refractivity contribution in [1.82, 2.24) is 19.6 Å². The predicted octanol–water partition coefficient (Wildman–Crippen LogP) is 2.71. The van der Waals surface area contributed by atoms with Crippen molar-refractivity contribution < 1.29 is 9.59 Å². The van der Waals surface area contributed by atoms with Gasteiger partial charge in [0.25, 0.3) is 5.91 Å². The van der Waals surface area contributed by atoms with Gasteiger partial charge < -0.3 is 9.80 Å². The zero-order valence-electron chi connectivity index (χ0n) is 15.8. The molecule has 27 heavy (non-hydrogen) atoms. The lowest BCUT2D eigenvalue weighted by Gasteiger charge is -2.29. The van der Waals surface area contributed by atoms with Crippen molar-refractivity contribution >= 4 is 11.8 Å². The number of hydrogen-bond donors (Lipinski definition) is 0. The van der Waals surface area contributed by atoms with Crippen LogP contribution in [-0.2, 0) is 4.79 Å². The fourth-order valence-electron chi connectivity index (χ4n) is 4.68. The van der Waals surface area contributed by atoms with Crippen molar-refractivity contribution in [3.63, 3.8) is 0 Å². The van der Waals surface area contributed by atoms with Crippen LogP contribution in [0.3, 0.4) is 0 Å². The summed E-state index contributed by atoms with van der Waals surface area (Å²) in [7, 11) is 0. The number of para-hydroxylation sites is 1. The minimum absolute atomic E-state index is 0.00839. The number of hydrogen-bond acceptors (Lipinski definition) is 3. The first-order valence-electron chi connectivity index (χ1n) is 9.82. The van der Waals surface area contributed by atoms with Crippen molar-refractivity contribution in [2.75, 3.05) is 13.1 Å². The molecule has 2 aromatic rings. The summed E-state index contributed by atoms with van der Waals surface area (Å²) >= 11 is 0. The van der Waals surface area contributed by atoms with Gasteiger partial charge in [-0.1, -0.05) is 18.2 Å². The summed E-state index contributed by atoms with van der Waals surface area (Å²) in [4.78, 5) is 29.7. The molecule has 6 heteroatoms. The van der Waals surface area contributed by atoms with Crippen LogP contribution in [0.5, 0.6) is 0 Å². The summed E-state index contributed by atoms with van der Waals surface area (Å²) in [6.45, 7) is 5.48. The Morgan fingerprint density at radius 2 is 1.89 bits per heavy atom. The predicted molar refractivity (Wildman–Crippen MR) is 101 cm³/mol. The molecule has 0 spiro atoms. The fraction of sp³-hybridized carbons (Fsp3) is 0.476. The molecule has 2 fully saturated rings. The van der Waals surface area contributed by atoms with Crippen molar-refractivity contribution in [1.29, 1.82) is 0 Å². The molecular formula is C21H24N4O2. The smallest absolute Gasteiger partial charge is 0.273 e. The molecule has 1 aromatic heterocycles. The van der Waals surface area contributed by atoms with Crippen LogP contribution in [0.15, 0.2) is 30.3 Å². The second-order valence-corrected chi connectivity index (χ2v) is 7.98. The van der Waals surface area contributed by atoms with E-state index in [1.54, 1.807) is 4.68 Å². The van der Waals surface area contributed by atoms with E-state index in [2.05, 4.69) is 12.0 Å². The largest absolute Gasteiger partial charge is 0.340 e. The van der Waals surface area contributed by atoms with E-state index in [1.165, 1.54) is 0 Å². The van der Waals surface area contributed by atoms with E-state index in [0.29, 0.717) is 12.2 Å². The maximum absolute atomic E-state index is 13.4. The van der Waals surface area contributed by atoms with Gasteiger partial charge in [0.15, 0.2) is 0 Å². The van der Waals surface area contributed by atoms with Crippen LogP contribution in [0.4, 0.5) is 0 Å². The summed E-state index contributed by atoms with van der Waals surface area (Å²) in [5, 5.41) is 4.64. The summed E-state index contributed by atoms with van der Waals surface area (Å²) in [6.07, 6.45) is 2.91. The second kappa shape index (κ2) is 5.94. The molecule has 1 aliphatic carbocycles. The maximum Gasteiger partial charge on any atom is 0.273 e. The van der Waals surface area contributed by atoms with Gasteiger partial charge >= 0.3 is 0 Å². The molecule has 2 aliphatic heterocycles. The molecule has 0 N–H and O–H groups in total. The molecule has 0 bridgehead atoms. The fourth-order valence-corrected chi connectivity index (χ4v) is 4.68. The molecule has 5 rings (SSSR count). The summed E-state index contributed by atoms with van der Waals surface area (Å²) in [5.74, 6) is 0.551. The SMILES string of the molecule is Cc1nn(-c2ccccc2)c2c1C(C)N(C1CCN(C(=O)C3CC3)C1)C2=O. The van der Waals surface area contributed by atoms with Crippen molar-refractivity contribution in [2.45, 2.75) is 45.2 Å². The third-order valence-corrected chi connectivity index (χ3v) is 6.17. The van der Waals surface area contributed by atoms with Gasteiger partial charge in [0.05, 0.1) is 23.5 Å². The Labute approximate surface area is 158 Å². The molecule has 2 unspecified atom stereocenters. The molecule has 140 valence electrons. The molecule has 1 aromatic carbocycles. The Kier molecular flexibility index (Phi) is 3.64. The van der Waals surface area contributed by atoms with E-state index in [4.69, 9.17) is 0 Å². The van der Waals surface area contributed by atoms with Crippen LogP contribution in [0.2, 0.25) is 0 Å². The number of carbonyl (C=O) groups is 2. The van der Waals surface area contributed by atoms with Crippen molar-refractivity contribution in [2.24, 2.45) is 5.92 Å². The Hall–Kier alpha value is -2.63. The molecule has 2 atom stereocenters. The van der Waals surface area contributed by atoms with E-state index < -0.39 is 0 Å². The van der Waals surface area contributed by atoms with Crippen LogP contribution in [-0.4, -0.2) is 50.5 Å². The van der Waals surface area contributed by atoms with Gasteiger partial charge in [-0.25, -0.2) is 4.68 Å². The minimum Gasteiger partial charge on any atom is -0.340 e. The zero-order valence-corrected chi connectivity index (χ0v) is 15.8. The number of rotatable bonds is 3. The molecular weight excluding hydrogens is 340 g/mol. The molecule has 0 radical (unpaired) electrons. The number of fused-ring (bicyclic) bond motifs is 1. The maximum atomic E-state index is 13.4. The topological polar surface area (TPSA) is 58.4 Å². The molecule has 3 heterocycles. The summed E-state index contributed by atoms with van der Waals surface area (Å²) in [6, 6.07) is 9.89. The lowest BCUT2D eigenvalue weighted by molar-refractivity contribution is -0.131. The van der Waals surface area contributed by atoms with Crippen LogP contribution in [0, 0.1) is 12.8 Å². The summed E-state index contributed by atoms with van der Waals surface area (Å²) < 4.78 is 1.78. The van der Waals surface area contributed by atoms with Gasteiger partial charge in [0.2, 0.25) is 5.91 Å². The zero-order chi connectivity index (χ0) is 18.7. The van der Waals surface area contributed by atoms with Gasteiger partial charge in [-0.15, -0.1) is 0 Å². The number of aryl methyl sites for hydroxylation is 1. The third-order valence-electron chi connectivity index (χ3n) is 6.17. The first-order valence-corrected chi connectivity index (χ1v) is 9.82. The molecule has 1 saturated carbocycles. The highest BCUT2D eigenvalue weighted by Gasteiger charge is 2.46. The minimum atomic E-state index is -0.00839. The lowest BCUT2D eigenvalue weighted by Crippen LogP contribution is -2.41. The van der Waals surface area contributed by atoms with Gasteiger partial charge in [0.1, 0.15) is 5.69 Å². The van der Waals surface area contributed by atoms with E-state index in [1.807, 2.05) is 47.1 Å². The average Bonchev–Trinajstić information content (AvgIpc) is 3.22. The Morgan fingerprint density at radius 3 is 2.59 bits per heavy atom. The van der Waals surface area contributed by atoms with Crippen molar-refractivity contribution in [3.05, 3.63) is 47.3 Å². The van der Waals surface area contributed by atoms with E-state index in [0.717, 1.165) is 42.8 Å². The number of aromatic nitrogens is 2. The van der Waals surface area contributed by atoms with Crippen LogP contribution in [0.25, 0.3) is 5.69 Å². The molecule has 3 aliphatic rings. The number of carbonyl (C=O) groups excluding carboxylic acids is 2. The Balaban J connectivity index is 1.45. The Morgan fingerprint density at radius 1 is 1.15 bits per heavy atom.